The lowest BCUT2D eigenvalue weighted by Crippen LogP contribution is -2.32. The van der Waals surface area contributed by atoms with E-state index in [2.05, 4.69) is 10.0 Å². The molecule has 0 aromatic heterocycles. The van der Waals surface area contributed by atoms with Gasteiger partial charge in [0, 0.05) is 10.7 Å². The van der Waals surface area contributed by atoms with Crippen LogP contribution in [0.2, 0.25) is 5.02 Å². The summed E-state index contributed by atoms with van der Waals surface area (Å²) < 4.78 is 31.4. The summed E-state index contributed by atoms with van der Waals surface area (Å²) in [4.78, 5) is 11.9. The van der Waals surface area contributed by atoms with Gasteiger partial charge in [-0.15, -0.1) is 0 Å². The number of methoxy groups -OCH3 is 1. The molecule has 0 fully saturated rings. The van der Waals surface area contributed by atoms with E-state index in [1.54, 1.807) is 24.3 Å². The smallest absolute Gasteiger partial charge is 0.241 e. The van der Waals surface area contributed by atoms with E-state index >= 15 is 0 Å². The third-order valence-corrected chi connectivity index (χ3v) is 4.55. The molecule has 122 valence electrons. The molecule has 0 aliphatic heterocycles. The number of rotatable bonds is 6. The molecule has 0 atom stereocenters. The Morgan fingerprint density at radius 2 is 1.87 bits per heavy atom. The summed E-state index contributed by atoms with van der Waals surface area (Å²) in [7, 11) is -2.29. The van der Waals surface area contributed by atoms with E-state index in [9.17, 15) is 13.2 Å². The standard InChI is InChI=1S/C15H15ClN2O4S/c1-22-13-5-7-14(8-6-13)23(20,21)17-10-15(19)18-12-4-2-3-11(16)9-12/h2-9,17H,10H2,1H3,(H,18,19). The maximum absolute atomic E-state index is 12.1. The minimum Gasteiger partial charge on any atom is -0.497 e. The third kappa shape index (κ3) is 4.95. The van der Waals surface area contributed by atoms with E-state index in [-0.39, 0.29) is 11.4 Å². The Hall–Kier alpha value is -2.09. The summed E-state index contributed by atoms with van der Waals surface area (Å²) in [5.74, 6) is 0.0482. The minimum absolute atomic E-state index is 0.0499. The van der Waals surface area contributed by atoms with E-state index in [0.717, 1.165) is 0 Å². The molecule has 0 bridgehead atoms. The van der Waals surface area contributed by atoms with Gasteiger partial charge >= 0.3 is 0 Å². The Kier molecular flexibility index (Phi) is 5.59. The van der Waals surface area contributed by atoms with Crippen molar-refractivity contribution in [2.45, 2.75) is 4.90 Å². The fourth-order valence-corrected chi connectivity index (χ4v) is 2.94. The summed E-state index contributed by atoms with van der Waals surface area (Å²) in [5.41, 5.74) is 0.492. The maximum Gasteiger partial charge on any atom is 0.241 e. The lowest BCUT2D eigenvalue weighted by molar-refractivity contribution is -0.115. The van der Waals surface area contributed by atoms with Gasteiger partial charge in [-0.05, 0) is 42.5 Å². The lowest BCUT2D eigenvalue weighted by Gasteiger charge is -2.08. The molecular weight excluding hydrogens is 340 g/mol. The van der Waals surface area contributed by atoms with Gasteiger partial charge in [-0.1, -0.05) is 17.7 Å². The van der Waals surface area contributed by atoms with Gasteiger partial charge in [-0.25, -0.2) is 13.1 Å². The number of sulfonamides is 1. The predicted octanol–water partition coefficient (Wildman–Crippen LogP) is 2.27. The first-order valence-corrected chi connectivity index (χ1v) is 8.46. The topological polar surface area (TPSA) is 84.5 Å². The van der Waals surface area contributed by atoms with E-state index in [0.29, 0.717) is 16.5 Å². The molecule has 0 spiro atoms. The lowest BCUT2D eigenvalue weighted by atomic mass is 10.3. The van der Waals surface area contributed by atoms with E-state index < -0.39 is 15.9 Å². The monoisotopic (exact) mass is 354 g/mol. The quantitative estimate of drug-likeness (QED) is 0.833. The normalized spacial score (nSPS) is 11.0. The molecule has 0 aliphatic carbocycles. The van der Waals surface area contributed by atoms with Crippen LogP contribution in [0.4, 0.5) is 5.69 Å². The number of nitrogens with one attached hydrogen (secondary N) is 2. The summed E-state index contributed by atoms with van der Waals surface area (Å²) in [6, 6.07) is 12.4. The average molecular weight is 355 g/mol. The average Bonchev–Trinajstić information content (AvgIpc) is 2.53. The van der Waals surface area contributed by atoms with Crippen molar-refractivity contribution in [2.24, 2.45) is 0 Å². The SMILES string of the molecule is COc1ccc(S(=O)(=O)NCC(=O)Nc2cccc(Cl)c2)cc1. The van der Waals surface area contributed by atoms with Crippen LogP contribution in [-0.4, -0.2) is 28.0 Å². The zero-order chi connectivity index (χ0) is 16.9. The molecule has 0 saturated heterocycles. The Balaban J connectivity index is 1.96. The molecule has 6 nitrogen and oxygen atoms in total. The highest BCUT2D eigenvalue weighted by atomic mass is 35.5. The van der Waals surface area contributed by atoms with Crippen LogP contribution in [0.25, 0.3) is 0 Å². The number of ether oxygens (including phenoxy) is 1. The third-order valence-electron chi connectivity index (χ3n) is 2.90. The Morgan fingerprint density at radius 3 is 2.48 bits per heavy atom. The number of carbonyl (C=O) groups is 1. The number of hydrogen-bond acceptors (Lipinski definition) is 4. The van der Waals surface area contributed by atoms with Gasteiger partial charge in [-0.3, -0.25) is 4.79 Å². The number of hydrogen-bond donors (Lipinski definition) is 2. The molecule has 1 amide bonds. The highest BCUT2D eigenvalue weighted by molar-refractivity contribution is 7.89. The molecule has 2 rings (SSSR count). The first kappa shape index (κ1) is 17.3. The van der Waals surface area contributed by atoms with Crippen molar-refractivity contribution in [2.75, 3.05) is 19.0 Å². The molecule has 0 unspecified atom stereocenters. The van der Waals surface area contributed by atoms with Gasteiger partial charge in [-0.2, -0.15) is 0 Å². The van der Waals surface area contributed by atoms with E-state index in [4.69, 9.17) is 16.3 Å². The van der Waals surface area contributed by atoms with Crippen LogP contribution < -0.4 is 14.8 Å². The molecular formula is C15H15ClN2O4S. The summed E-state index contributed by atoms with van der Waals surface area (Å²) in [6.45, 7) is -0.388. The summed E-state index contributed by atoms with van der Waals surface area (Å²) in [5, 5.41) is 3.03. The fraction of sp³-hybridized carbons (Fsp3) is 0.133. The Bertz CT molecular complexity index is 791. The second kappa shape index (κ2) is 7.45. The molecule has 23 heavy (non-hydrogen) atoms. The maximum atomic E-state index is 12.1. The molecule has 0 radical (unpaired) electrons. The van der Waals surface area contributed by atoms with Crippen LogP contribution in [0.15, 0.2) is 53.4 Å². The van der Waals surface area contributed by atoms with Crippen LogP contribution in [0, 0.1) is 0 Å². The zero-order valence-electron chi connectivity index (χ0n) is 12.2. The van der Waals surface area contributed by atoms with Gasteiger partial charge in [0.2, 0.25) is 15.9 Å². The van der Waals surface area contributed by atoms with Gasteiger partial charge in [0.1, 0.15) is 5.75 Å². The van der Waals surface area contributed by atoms with Crippen LogP contribution >= 0.6 is 11.6 Å². The van der Waals surface area contributed by atoms with Crippen molar-refractivity contribution < 1.29 is 17.9 Å². The molecule has 0 heterocycles. The molecule has 2 aromatic carbocycles. The van der Waals surface area contributed by atoms with E-state index in [1.807, 2.05) is 0 Å². The predicted molar refractivity (Wildman–Crippen MR) is 88.3 cm³/mol. The number of carbonyl (C=O) groups excluding carboxylic acids is 1. The molecule has 2 aromatic rings. The largest absolute Gasteiger partial charge is 0.497 e. The van der Waals surface area contributed by atoms with Crippen LogP contribution in [0.3, 0.4) is 0 Å². The number of amides is 1. The van der Waals surface area contributed by atoms with Crippen molar-refractivity contribution in [3.05, 3.63) is 53.6 Å². The molecule has 2 N–H and O–H groups in total. The number of halogens is 1. The zero-order valence-corrected chi connectivity index (χ0v) is 13.8. The van der Waals surface area contributed by atoms with Gasteiger partial charge < -0.3 is 10.1 Å². The Labute approximate surface area is 139 Å². The highest BCUT2D eigenvalue weighted by Gasteiger charge is 2.15. The minimum atomic E-state index is -3.77. The number of benzene rings is 2. The second-order valence-corrected chi connectivity index (χ2v) is 6.76. The first-order chi connectivity index (χ1) is 10.9. The van der Waals surface area contributed by atoms with Gasteiger partial charge in [0.15, 0.2) is 0 Å². The molecule has 8 heteroatoms. The van der Waals surface area contributed by atoms with Crippen LogP contribution in [0.5, 0.6) is 5.75 Å². The summed E-state index contributed by atoms with van der Waals surface area (Å²) in [6.07, 6.45) is 0. The van der Waals surface area contributed by atoms with E-state index in [1.165, 1.54) is 31.4 Å². The molecule has 0 saturated carbocycles. The van der Waals surface area contributed by atoms with Crippen molar-refractivity contribution in [3.63, 3.8) is 0 Å². The Morgan fingerprint density at radius 1 is 1.17 bits per heavy atom. The van der Waals surface area contributed by atoms with Crippen molar-refractivity contribution in [1.29, 1.82) is 0 Å². The highest BCUT2D eigenvalue weighted by Crippen LogP contribution is 2.16. The van der Waals surface area contributed by atoms with Crippen LogP contribution in [0.1, 0.15) is 0 Å². The van der Waals surface area contributed by atoms with Crippen LogP contribution in [-0.2, 0) is 14.8 Å². The summed E-state index contributed by atoms with van der Waals surface area (Å²) >= 11 is 5.81. The van der Waals surface area contributed by atoms with Gasteiger partial charge in [0.05, 0.1) is 18.6 Å². The van der Waals surface area contributed by atoms with Gasteiger partial charge in [0.25, 0.3) is 0 Å². The fourth-order valence-electron chi connectivity index (χ4n) is 1.77. The second-order valence-electron chi connectivity index (χ2n) is 4.56. The van der Waals surface area contributed by atoms with Crippen molar-refractivity contribution in [1.82, 2.24) is 4.72 Å². The van der Waals surface area contributed by atoms with Crippen molar-refractivity contribution in [3.8, 4) is 5.75 Å². The molecule has 0 aliphatic rings. The number of anilines is 1. The van der Waals surface area contributed by atoms with Crippen molar-refractivity contribution >= 4 is 33.2 Å². The first-order valence-electron chi connectivity index (χ1n) is 6.60.